The number of fused-ring (bicyclic) bond motifs is 1. The molecule has 1 unspecified atom stereocenters. The van der Waals surface area contributed by atoms with Crippen molar-refractivity contribution < 1.29 is 4.74 Å². The molecule has 0 saturated heterocycles. The molecule has 0 saturated carbocycles. The van der Waals surface area contributed by atoms with Gasteiger partial charge >= 0.3 is 0 Å². The fraction of sp³-hybridized carbons (Fsp3) is 0.355. The molecular weight excluding hydrogens is 388 g/mol. The standard InChI is InChI=1S/C31H36O/c1-3-5-7-21-32-31-19-17-26(18-20-31)28-14-16-29-22-27(13-15-30(29)23-28)25-11-9-24(10-12-25)8-6-4-2/h4,9-12,14,16-20,23,27H,2-3,5-8,13,15,21-22H2,1H3. The van der Waals surface area contributed by atoms with Crippen LogP contribution in [0.25, 0.3) is 11.1 Å². The minimum atomic E-state index is 0.631. The first kappa shape index (κ1) is 22.4. The summed E-state index contributed by atoms with van der Waals surface area (Å²) in [6.07, 6.45) is 11.3. The second kappa shape index (κ2) is 11.2. The Morgan fingerprint density at radius 2 is 1.69 bits per heavy atom. The zero-order chi connectivity index (χ0) is 22.2. The maximum atomic E-state index is 5.87. The van der Waals surface area contributed by atoms with Crippen LogP contribution in [0.3, 0.4) is 0 Å². The maximum Gasteiger partial charge on any atom is 0.119 e. The van der Waals surface area contributed by atoms with Crippen LogP contribution in [0.1, 0.15) is 67.2 Å². The number of aryl methyl sites for hydroxylation is 2. The molecule has 3 aromatic rings. The van der Waals surface area contributed by atoms with Gasteiger partial charge in [-0.05, 0) is 90.0 Å². The molecule has 4 rings (SSSR count). The number of hydrogen-bond donors (Lipinski definition) is 0. The molecule has 32 heavy (non-hydrogen) atoms. The van der Waals surface area contributed by atoms with E-state index in [1.165, 1.54) is 52.6 Å². The molecule has 1 aliphatic rings. The summed E-state index contributed by atoms with van der Waals surface area (Å²) in [6, 6.07) is 24.9. The van der Waals surface area contributed by atoms with Crippen LogP contribution in [-0.2, 0) is 19.3 Å². The number of unbranched alkanes of at least 4 members (excludes halogenated alkanes) is 2. The SMILES string of the molecule is C=CCCc1ccc(C2CCc3cc(-c4ccc(OCCCCC)cc4)ccc3C2)cc1. The molecule has 0 bridgehead atoms. The second-order valence-electron chi connectivity index (χ2n) is 9.07. The highest BCUT2D eigenvalue weighted by Gasteiger charge is 2.20. The third-order valence-corrected chi connectivity index (χ3v) is 6.73. The molecule has 166 valence electrons. The zero-order valence-corrected chi connectivity index (χ0v) is 19.5. The van der Waals surface area contributed by atoms with Crippen LogP contribution >= 0.6 is 0 Å². The number of allylic oxidation sites excluding steroid dienone is 1. The smallest absolute Gasteiger partial charge is 0.119 e. The van der Waals surface area contributed by atoms with Crippen LogP contribution in [0.2, 0.25) is 0 Å². The van der Waals surface area contributed by atoms with E-state index >= 15 is 0 Å². The minimum Gasteiger partial charge on any atom is -0.494 e. The first-order valence-corrected chi connectivity index (χ1v) is 12.3. The van der Waals surface area contributed by atoms with Gasteiger partial charge in [0.1, 0.15) is 5.75 Å². The van der Waals surface area contributed by atoms with Gasteiger partial charge in [-0.1, -0.05) is 80.4 Å². The highest BCUT2D eigenvalue weighted by Crippen LogP contribution is 2.35. The van der Waals surface area contributed by atoms with E-state index in [4.69, 9.17) is 4.74 Å². The number of benzene rings is 3. The molecule has 0 amide bonds. The molecule has 0 N–H and O–H groups in total. The Labute approximate surface area is 194 Å². The summed E-state index contributed by atoms with van der Waals surface area (Å²) in [4.78, 5) is 0. The Hall–Kier alpha value is -2.80. The normalized spacial score (nSPS) is 15.2. The Kier molecular flexibility index (Phi) is 7.82. The van der Waals surface area contributed by atoms with Crippen molar-refractivity contribution >= 4 is 0 Å². The van der Waals surface area contributed by atoms with E-state index in [0.717, 1.165) is 44.5 Å². The fourth-order valence-electron chi connectivity index (χ4n) is 4.73. The van der Waals surface area contributed by atoms with Crippen molar-refractivity contribution in [2.24, 2.45) is 0 Å². The summed E-state index contributed by atoms with van der Waals surface area (Å²) in [5.41, 5.74) is 8.50. The Bertz CT molecular complexity index is 998. The summed E-state index contributed by atoms with van der Waals surface area (Å²) in [7, 11) is 0. The summed E-state index contributed by atoms with van der Waals surface area (Å²) in [5.74, 6) is 1.60. The third-order valence-electron chi connectivity index (χ3n) is 6.73. The Morgan fingerprint density at radius 3 is 2.44 bits per heavy atom. The molecule has 1 aliphatic carbocycles. The maximum absolute atomic E-state index is 5.87. The Morgan fingerprint density at radius 1 is 0.906 bits per heavy atom. The predicted octanol–water partition coefficient (Wildman–Crippen LogP) is 8.31. The van der Waals surface area contributed by atoms with Gasteiger partial charge in [-0.15, -0.1) is 6.58 Å². The molecule has 0 radical (unpaired) electrons. The van der Waals surface area contributed by atoms with Crippen LogP contribution < -0.4 is 4.74 Å². The number of rotatable bonds is 10. The molecule has 1 heteroatoms. The van der Waals surface area contributed by atoms with Crippen molar-refractivity contribution in [1.29, 1.82) is 0 Å². The van der Waals surface area contributed by atoms with Gasteiger partial charge in [-0.2, -0.15) is 0 Å². The van der Waals surface area contributed by atoms with Crippen LogP contribution in [0.15, 0.2) is 79.4 Å². The van der Waals surface area contributed by atoms with Gasteiger partial charge in [0.05, 0.1) is 6.61 Å². The summed E-state index contributed by atoms with van der Waals surface area (Å²) in [6.45, 7) is 6.86. The van der Waals surface area contributed by atoms with Gasteiger partial charge in [0.2, 0.25) is 0 Å². The lowest BCUT2D eigenvalue weighted by molar-refractivity contribution is 0.306. The van der Waals surface area contributed by atoms with E-state index in [1.54, 1.807) is 0 Å². The molecule has 0 heterocycles. The van der Waals surface area contributed by atoms with E-state index in [1.807, 2.05) is 6.08 Å². The van der Waals surface area contributed by atoms with Gasteiger partial charge in [-0.3, -0.25) is 0 Å². The highest BCUT2D eigenvalue weighted by atomic mass is 16.5. The van der Waals surface area contributed by atoms with Crippen LogP contribution in [0.4, 0.5) is 0 Å². The van der Waals surface area contributed by atoms with Gasteiger partial charge in [0.25, 0.3) is 0 Å². The zero-order valence-electron chi connectivity index (χ0n) is 19.5. The molecule has 0 aromatic heterocycles. The largest absolute Gasteiger partial charge is 0.494 e. The fourth-order valence-corrected chi connectivity index (χ4v) is 4.73. The molecule has 1 atom stereocenters. The van der Waals surface area contributed by atoms with Crippen LogP contribution in [0.5, 0.6) is 5.75 Å². The number of ether oxygens (including phenoxy) is 1. The first-order chi connectivity index (χ1) is 15.8. The third kappa shape index (κ3) is 5.71. The topological polar surface area (TPSA) is 9.23 Å². The number of hydrogen-bond acceptors (Lipinski definition) is 1. The Balaban J connectivity index is 1.39. The van der Waals surface area contributed by atoms with E-state index in [9.17, 15) is 0 Å². The van der Waals surface area contributed by atoms with Gasteiger partial charge in [0, 0.05) is 0 Å². The van der Waals surface area contributed by atoms with Crippen molar-refractivity contribution in [3.05, 3.63) is 102 Å². The van der Waals surface area contributed by atoms with Crippen molar-refractivity contribution in [3.8, 4) is 16.9 Å². The van der Waals surface area contributed by atoms with Crippen LogP contribution in [-0.4, -0.2) is 6.61 Å². The molecule has 3 aromatic carbocycles. The van der Waals surface area contributed by atoms with E-state index in [0.29, 0.717) is 5.92 Å². The first-order valence-electron chi connectivity index (χ1n) is 12.3. The lowest BCUT2D eigenvalue weighted by Gasteiger charge is -2.26. The van der Waals surface area contributed by atoms with Crippen molar-refractivity contribution in [2.45, 2.75) is 64.2 Å². The average Bonchev–Trinajstić information content (AvgIpc) is 2.85. The monoisotopic (exact) mass is 424 g/mol. The summed E-state index contributed by atoms with van der Waals surface area (Å²) in [5, 5.41) is 0. The van der Waals surface area contributed by atoms with Crippen molar-refractivity contribution in [2.75, 3.05) is 6.61 Å². The van der Waals surface area contributed by atoms with Gasteiger partial charge in [-0.25, -0.2) is 0 Å². The van der Waals surface area contributed by atoms with E-state index < -0.39 is 0 Å². The molecular formula is C31H36O. The highest BCUT2D eigenvalue weighted by molar-refractivity contribution is 5.66. The molecule has 1 nitrogen and oxygen atoms in total. The average molecular weight is 425 g/mol. The predicted molar refractivity (Wildman–Crippen MR) is 137 cm³/mol. The summed E-state index contributed by atoms with van der Waals surface area (Å²) < 4.78 is 5.87. The van der Waals surface area contributed by atoms with Gasteiger partial charge in [0.15, 0.2) is 0 Å². The molecule has 0 fully saturated rings. The van der Waals surface area contributed by atoms with Crippen molar-refractivity contribution in [3.63, 3.8) is 0 Å². The molecule has 0 aliphatic heterocycles. The lowest BCUT2D eigenvalue weighted by atomic mass is 9.79. The minimum absolute atomic E-state index is 0.631. The van der Waals surface area contributed by atoms with Gasteiger partial charge < -0.3 is 4.74 Å². The van der Waals surface area contributed by atoms with Crippen molar-refractivity contribution in [1.82, 2.24) is 0 Å². The lowest BCUT2D eigenvalue weighted by Crippen LogP contribution is -2.13. The second-order valence-corrected chi connectivity index (χ2v) is 9.07. The molecule has 0 spiro atoms. The van der Waals surface area contributed by atoms with E-state index in [2.05, 4.69) is 80.2 Å². The quantitative estimate of drug-likeness (QED) is 0.235. The van der Waals surface area contributed by atoms with Crippen LogP contribution in [0, 0.1) is 0 Å². The van der Waals surface area contributed by atoms with E-state index in [-0.39, 0.29) is 0 Å². The summed E-state index contributed by atoms with van der Waals surface area (Å²) >= 11 is 0.